The highest BCUT2D eigenvalue weighted by Crippen LogP contribution is 2.23. The van der Waals surface area contributed by atoms with Crippen LogP contribution in [0.3, 0.4) is 0 Å². The SMILES string of the molecule is Cc1ncc(CO)c(CNC(C)C(N)=O)c1O. The first kappa shape index (κ1) is 13.4. The molecule has 0 saturated heterocycles. The molecule has 6 nitrogen and oxygen atoms in total. The molecule has 0 radical (unpaired) electrons. The van der Waals surface area contributed by atoms with E-state index in [4.69, 9.17) is 10.8 Å². The Morgan fingerprint density at radius 3 is 2.82 bits per heavy atom. The molecule has 0 aliphatic carbocycles. The number of aryl methyl sites for hydroxylation is 1. The highest BCUT2D eigenvalue weighted by Gasteiger charge is 2.14. The first-order chi connectivity index (χ1) is 7.97. The van der Waals surface area contributed by atoms with Crippen molar-refractivity contribution in [3.63, 3.8) is 0 Å². The molecule has 1 aromatic rings. The van der Waals surface area contributed by atoms with Crippen molar-refractivity contribution in [2.24, 2.45) is 5.73 Å². The van der Waals surface area contributed by atoms with E-state index in [2.05, 4.69) is 10.3 Å². The van der Waals surface area contributed by atoms with Crippen LogP contribution in [0.5, 0.6) is 5.75 Å². The summed E-state index contributed by atoms with van der Waals surface area (Å²) >= 11 is 0. The van der Waals surface area contributed by atoms with Crippen molar-refractivity contribution in [1.29, 1.82) is 0 Å². The molecule has 5 N–H and O–H groups in total. The number of carbonyl (C=O) groups excluding carboxylic acids is 1. The second-order valence-corrected chi connectivity index (χ2v) is 3.86. The summed E-state index contributed by atoms with van der Waals surface area (Å²) in [5, 5.41) is 21.8. The van der Waals surface area contributed by atoms with Gasteiger partial charge in [-0.05, 0) is 13.8 Å². The Kier molecular flexibility index (Phi) is 4.42. The molecule has 6 heteroatoms. The van der Waals surface area contributed by atoms with Crippen LogP contribution < -0.4 is 11.1 Å². The van der Waals surface area contributed by atoms with Gasteiger partial charge in [0.2, 0.25) is 5.91 Å². The molecule has 94 valence electrons. The van der Waals surface area contributed by atoms with Gasteiger partial charge in [0.05, 0.1) is 18.3 Å². The van der Waals surface area contributed by atoms with Crippen LogP contribution in [0.2, 0.25) is 0 Å². The number of pyridine rings is 1. The molecule has 1 unspecified atom stereocenters. The van der Waals surface area contributed by atoms with Crippen molar-refractivity contribution in [1.82, 2.24) is 10.3 Å². The van der Waals surface area contributed by atoms with Gasteiger partial charge in [0.1, 0.15) is 5.75 Å². The standard InChI is InChI=1S/C11H17N3O3/c1-6-10(16)9(8(5-15)3-13-6)4-14-7(2)11(12)17/h3,7,14-16H,4-5H2,1-2H3,(H2,12,17). The molecule has 17 heavy (non-hydrogen) atoms. The van der Waals surface area contributed by atoms with E-state index in [1.807, 2.05) is 0 Å². The van der Waals surface area contributed by atoms with Gasteiger partial charge in [0.15, 0.2) is 0 Å². The Labute approximate surface area is 99.5 Å². The van der Waals surface area contributed by atoms with Gasteiger partial charge in [-0.3, -0.25) is 9.78 Å². The van der Waals surface area contributed by atoms with Crippen LogP contribution in [-0.2, 0) is 17.9 Å². The second kappa shape index (κ2) is 5.60. The number of carbonyl (C=O) groups is 1. The fourth-order valence-electron chi connectivity index (χ4n) is 1.37. The number of nitrogens with zero attached hydrogens (tertiary/aromatic N) is 1. The molecule has 1 atom stereocenters. The molecule has 0 fully saturated rings. The lowest BCUT2D eigenvalue weighted by molar-refractivity contribution is -0.119. The zero-order valence-corrected chi connectivity index (χ0v) is 9.90. The van der Waals surface area contributed by atoms with Crippen molar-refractivity contribution in [3.05, 3.63) is 23.0 Å². The van der Waals surface area contributed by atoms with Gasteiger partial charge in [-0.2, -0.15) is 0 Å². The van der Waals surface area contributed by atoms with Gasteiger partial charge < -0.3 is 21.3 Å². The zero-order chi connectivity index (χ0) is 13.0. The summed E-state index contributed by atoms with van der Waals surface area (Å²) in [7, 11) is 0. The lowest BCUT2D eigenvalue weighted by atomic mass is 10.1. The lowest BCUT2D eigenvalue weighted by Gasteiger charge is -2.14. The summed E-state index contributed by atoms with van der Waals surface area (Å²) in [5.74, 6) is -0.443. The van der Waals surface area contributed by atoms with Gasteiger partial charge in [-0.15, -0.1) is 0 Å². The molecule has 1 amide bonds. The van der Waals surface area contributed by atoms with E-state index in [1.165, 1.54) is 6.20 Å². The number of nitrogens with two attached hydrogens (primary N) is 1. The van der Waals surface area contributed by atoms with E-state index in [9.17, 15) is 9.90 Å². The van der Waals surface area contributed by atoms with Crippen LogP contribution >= 0.6 is 0 Å². The molecule has 1 rings (SSSR count). The maximum absolute atomic E-state index is 10.9. The predicted molar refractivity (Wildman–Crippen MR) is 62.1 cm³/mol. The largest absolute Gasteiger partial charge is 0.506 e. The van der Waals surface area contributed by atoms with Gasteiger partial charge in [-0.25, -0.2) is 0 Å². The highest BCUT2D eigenvalue weighted by molar-refractivity contribution is 5.79. The van der Waals surface area contributed by atoms with E-state index in [1.54, 1.807) is 13.8 Å². The van der Waals surface area contributed by atoms with Crippen molar-refractivity contribution in [3.8, 4) is 5.75 Å². The molecule has 1 heterocycles. The maximum atomic E-state index is 10.9. The highest BCUT2D eigenvalue weighted by atomic mass is 16.3. The number of hydrogen-bond donors (Lipinski definition) is 4. The molecular formula is C11H17N3O3. The molecule has 0 aromatic carbocycles. The first-order valence-electron chi connectivity index (χ1n) is 5.27. The van der Waals surface area contributed by atoms with Crippen LogP contribution in [0.4, 0.5) is 0 Å². The molecule has 0 spiro atoms. The Morgan fingerprint density at radius 2 is 2.29 bits per heavy atom. The Morgan fingerprint density at radius 1 is 1.65 bits per heavy atom. The van der Waals surface area contributed by atoms with E-state index in [0.717, 1.165) is 0 Å². The number of nitrogens with one attached hydrogen (secondary N) is 1. The van der Waals surface area contributed by atoms with Crippen LogP contribution in [0.15, 0.2) is 6.20 Å². The molecule has 0 bridgehead atoms. The van der Waals surface area contributed by atoms with Crippen LogP contribution in [0, 0.1) is 6.92 Å². The number of aliphatic hydroxyl groups excluding tert-OH is 1. The summed E-state index contributed by atoms with van der Waals surface area (Å²) in [6.07, 6.45) is 1.50. The summed E-state index contributed by atoms with van der Waals surface area (Å²) in [6, 6.07) is -0.505. The summed E-state index contributed by atoms with van der Waals surface area (Å²) in [5.41, 5.74) is 6.65. The summed E-state index contributed by atoms with van der Waals surface area (Å²) in [6.45, 7) is 3.32. The number of aromatic nitrogens is 1. The predicted octanol–water partition coefficient (Wildman–Crippen LogP) is -0.449. The van der Waals surface area contributed by atoms with Crippen LogP contribution in [0.25, 0.3) is 0 Å². The molecule has 0 saturated carbocycles. The number of primary amides is 1. The minimum absolute atomic E-state index is 0.0284. The topological polar surface area (TPSA) is 108 Å². The summed E-state index contributed by atoms with van der Waals surface area (Å²) in [4.78, 5) is 14.8. The van der Waals surface area contributed by atoms with E-state index < -0.39 is 11.9 Å². The number of amides is 1. The fraction of sp³-hybridized carbons (Fsp3) is 0.455. The average Bonchev–Trinajstić information content (AvgIpc) is 2.30. The maximum Gasteiger partial charge on any atom is 0.234 e. The quantitative estimate of drug-likeness (QED) is 0.556. The minimum Gasteiger partial charge on any atom is -0.506 e. The first-order valence-corrected chi connectivity index (χ1v) is 5.27. The van der Waals surface area contributed by atoms with Gasteiger partial charge in [-0.1, -0.05) is 0 Å². The Bertz CT molecular complexity index is 421. The van der Waals surface area contributed by atoms with Crippen LogP contribution in [0.1, 0.15) is 23.7 Å². The monoisotopic (exact) mass is 239 g/mol. The van der Waals surface area contributed by atoms with Crippen molar-refractivity contribution in [2.75, 3.05) is 0 Å². The van der Waals surface area contributed by atoms with Crippen molar-refractivity contribution in [2.45, 2.75) is 33.0 Å². The third-order valence-corrected chi connectivity index (χ3v) is 2.61. The number of hydrogen-bond acceptors (Lipinski definition) is 5. The van der Waals surface area contributed by atoms with E-state index in [-0.39, 0.29) is 18.9 Å². The Balaban J connectivity index is 2.89. The number of rotatable bonds is 5. The van der Waals surface area contributed by atoms with Gasteiger partial charge in [0, 0.05) is 23.9 Å². The van der Waals surface area contributed by atoms with Gasteiger partial charge >= 0.3 is 0 Å². The van der Waals surface area contributed by atoms with Crippen molar-refractivity contribution < 1.29 is 15.0 Å². The Hall–Kier alpha value is -1.66. The van der Waals surface area contributed by atoms with E-state index in [0.29, 0.717) is 16.8 Å². The van der Waals surface area contributed by atoms with E-state index >= 15 is 0 Å². The molecule has 0 aliphatic rings. The van der Waals surface area contributed by atoms with Crippen LogP contribution in [-0.4, -0.2) is 27.1 Å². The summed E-state index contributed by atoms with van der Waals surface area (Å²) < 4.78 is 0. The molecular weight excluding hydrogens is 222 g/mol. The van der Waals surface area contributed by atoms with Gasteiger partial charge in [0.25, 0.3) is 0 Å². The number of aliphatic hydroxyl groups is 1. The average molecular weight is 239 g/mol. The van der Waals surface area contributed by atoms with Crippen molar-refractivity contribution >= 4 is 5.91 Å². The molecule has 0 aliphatic heterocycles. The minimum atomic E-state index is -0.505. The smallest absolute Gasteiger partial charge is 0.234 e. The lowest BCUT2D eigenvalue weighted by Crippen LogP contribution is -2.38. The zero-order valence-electron chi connectivity index (χ0n) is 9.90. The normalized spacial score (nSPS) is 12.4. The molecule has 1 aromatic heterocycles. The number of aromatic hydroxyl groups is 1. The third-order valence-electron chi connectivity index (χ3n) is 2.61. The fourth-order valence-corrected chi connectivity index (χ4v) is 1.37. The second-order valence-electron chi connectivity index (χ2n) is 3.86. The third kappa shape index (κ3) is 3.15.